The highest BCUT2D eigenvalue weighted by atomic mass is 16.5. The maximum absolute atomic E-state index is 12.6. The SMILES string of the molecule is O=C(O)c1ccc(C(=O)N2CCCC3(CCOCC3)C2)cn1. The molecule has 0 radical (unpaired) electrons. The number of nitrogens with zero attached hydrogens (tertiary/aromatic N) is 2. The molecule has 2 aliphatic heterocycles. The molecule has 0 unspecified atom stereocenters. The zero-order chi connectivity index (χ0) is 15.6. The summed E-state index contributed by atoms with van der Waals surface area (Å²) in [6.07, 6.45) is 5.53. The first-order chi connectivity index (χ1) is 10.6. The van der Waals surface area contributed by atoms with E-state index in [4.69, 9.17) is 9.84 Å². The Morgan fingerprint density at radius 1 is 1.23 bits per heavy atom. The Morgan fingerprint density at radius 3 is 2.64 bits per heavy atom. The number of pyridine rings is 1. The van der Waals surface area contributed by atoms with Crippen molar-refractivity contribution in [3.8, 4) is 0 Å². The topological polar surface area (TPSA) is 79.7 Å². The summed E-state index contributed by atoms with van der Waals surface area (Å²) in [4.78, 5) is 29.1. The van der Waals surface area contributed by atoms with Crippen molar-refractivity contribution in [1.82, 2.24) is 9.88 Å². The number of aromatic carboxylic acids is 1. The summed E-state index contributed by atoms with van der Waals surface area (Å²) in [6.45, 7) is 3.06. The van der Waals surface area contributed by atoms with E-state index in [9.17, 15) is 9.59 Å². The average Bonchev–Trinajstić information content (AvgIpc) is 2.55. The number of hydrogen-bond donors (Lipinski definition) is 1. The monoisotopic (exact) mass is 304 g/mol. The van der Waals surface area contributed by atoms with Crippen molar-refractivity contribution in [2.75, 3.05) is 26.3 Å². The van der Waals surface area contributed by atoms with Crippen molar-refractivity contribution in [2.45, 2.75) is 25.7 Å². The summed E-state index contributed by atoms with van der Waals surface area (Å²) in [5.74, 6) is -1.15. The first kappa shape index (κ1) is 15.0. The van der Waals surface area contributed by atoms with E-state index in [1.54, 1.807) is 6.07 Å². The second-order valence-electron chi connectivity index (χ2n) is 6.18. The van der Waals surface area contributed by atoms with Gasteiger partial charge in [-0.05, 0) is 43.2 Å². The highest BCUT2D eigenvalue weighted by Crippen LogP contribution is 2.39. The van der Waals surface area contributed by atoms with Crippen molar-refractivity contribution in [1.29, 1.82) is 0 Å². The van der Waals surface area contributed by atoms with E-state index in [0.29, 0.717) is 5.56 Å². The molecule has 0 atom stereocenters. The summed E-state index contributed by atoms with van der Waals surface area (Å²) >= 11 is 0. The van der Waals surface area contributed by atoms with Gasteiger partial charge in [0.2, 0.25) is 0 Å². The highest BCUT2D eigenvalue weighted by molar-refractivity contribution is 5.95. The van der Waals surface area contributed by atoms with Crippen molar-refractivity contribution in [3.63, 3.8) is 0 Å². The Balaban J connectivity index is 1.72. The Bertz CT molecular complexity index is 559. The van der Waals surface area contributed by atoms with E-state index in [1.807, 2.05) is 4.90 Å². The molecule has 1 aromatic heterocycles. The number of carbonyl (C=O) groups is 2. The van der Waals surface area contributed by atoms with Gasteiger partial charge in [0, 0.05) is 32.5 Å². The molecule has 0 saturated carbocycles. The number of aromatic nitrogens is 1. The van der Waals surface area contributed by atoms with E-state index < -0.39 is 5.97 Å². The molecule has 118 valence electrons. The molecule has 1 amide bonds. The number of carboxylic acids is 1. The largest absolute Gasteiger partial charge is 0.477 e. The molecule has 3 rings (SSSR count). The molecule has 6 nitrogen and oxygen atoms in total. The summed E-state index contributed by atoms with van der Waals surface area (Å²) in [5.41, 5.74) is 0.603. The smallest absolute Gasteiger partial charge is 0.354 e. The number of rotatable bonds is 2. The minimum absolute atomic E-state index is 0.0453. The normalized spacial score (nSPS) is 20.8. The van der Waals surface area contributed by atoms with Gasteiger partial charge in [0.15, 0.2) is 0 Å². The van der Waals surface area contributed by atoms with Crippen LogP contribution in [0.25, 0.3) is 0 Å². The molecule has 2 aliphatic rings. The molecule has 0 bridgehead atoms. The van der Waals surface area contributed by atoms with Gasteiger partial charge < -0.3 is 14.7 Å². The van der Waals surface area contributed by atoms with Crippen molar-refractivity contribution in [3.05, 3.63) is 29.6 Å². The van der Waals surface area contributed by atoms with Crippen LogP contribution in [0.2, 0.25) is 0 Å². The van der Waals surface area contributed by atoms with Gasteiger partial charge in [-0.25, -0.2) is 9.78 Å². The van der Waals surface area contributed by atoms with Crippen LogP contribution in [0.4, 0.5) is 0 Å². The lowest BCUT2D eigenvalue weighted by Crippen LogP contribution is -2.48. The zero-order valence-corrected chi connectivity index (χ0v) is 12.5. The van der Waals surface area contributed by atoms with E-state index in [2.05, 4.69) is 4.98 Å². The van der Waals surface area contributed by atoms with Crippen molar-refractivity contribution < 1.29 is 19.4 Å². The standard InChI is InChI=1S/C16H20N2O4/c19-14(12-2-3-13(15(20)21)17-10-12)18-7-1-4-16(11-18)5-8-22-9-6-16/h2-3,10H,1,4-9,11H2,(H,20,21). The first-order valence-corrected chi connectivity index (χ1v) is 7.66. The van der Waals surface area contributed by atoms with E-state index in [1.165, 1.54) is 12.3 Å². The van der Waals surface area contributed by atoms with Crippen LogP contribution in [0.3, 0.4) is 0 Å². The summed E-state index contributed by atoms with van der Waals surface area (Å²) in [6, 6.07) is 2.92. The molecule has 0 aromatic carbocycles. The third-order valence-electron chi connectivity index (χ3n) is 4.73. The fourth-order valence-corrected chi connectivity index (χ4v) is 3.42. The van der Waals surface area contributed by atoms with Crippen LogP contribution >= 0.6 is 0 Å². The van der Waals surface area contributed by atoms with Crippen LogP contribution in [-0.4, -0.2) is 53.2 Å². The van der Waals surface area contributed by atoms with Crippen molar-refractivity contribution in [2.24, 2.45) is 5.41 Å². The molecular weight excluding hydrogens is 284 g/mol. The van der Waals surface area contributed by atoms with Crippen LogP contribution in [0.5, 0.6) is 0 Å². The predicted molar refractivity (Wildman–Crippen MR) is 78.8 cm³/mol. The summed E-state index contributed by atoms with van der Waals surface area (Å²) in [5, 5.41) is 8.86. The third kappa shape index (κ3) is 2.97. The molecule has 1 N–H and O–H groups in total. The molecule has 3 heterocycles. The van der Waals surface area contributed by atoms with Gasteiger partial charge in [-0.2, -0.15) is 0 Å². The molecule has 2 saturated heterocycles. The van der Waals surface area contributed by atoms with Gasteiger partial charge in [-0.1, -0.05) is 0 Å². The summed E-state index contributed by atoms with van der Waals surface area (Å²) in [7, 11) is 0. The van der Waals surface area contributed by atoms with Crippen LogP contribution in [0.1, 0.15) is 46.5 Å². The number of piperidine rings is 1. The predicted octanol–water partition coefficient (Wildman–Crippen LogP) is 1.81. The van der Waals surface area contributed by atoms with E-state index in [0.717, 1.165) is 52.0 Å². The Kier molecular flexibility index (Phi) is 4.11. The lowest BCUT2D eigenvalue weighted by Gasteiger charge is -2.45. The third-order valence-corrected chi connectivity index (χ3v) is 4.73. The Morgan fingerprint density at radius 2 is 2.00 bits per heavy atom. The van der Waals surface area contributed by atoms with Crippen LogP contribution in [-0.2, 0) is 4.74 Å². The van der Waals surface area contributed by atoms with Gasteiger partial charge >= 0.3 is 5.97 Å². The lowest BCUT2D eigenvalue weighted by molar-refractivity contribution is -0.0229. The molecular formula is C16H20N2O4. The number of carboxylic acid groups (broad SMARTS) is 1. The fourth-order valence-electron chi connectivity index (χ4n) is 3.42. The van der Waals surface area contributed by atoms with Crippen LogP contribution in [0.15, 0.2) is 18.3 Å². The Labute approximate surface area is 129 Å². The van der Waals surface area contributed by atoms with Gasteiger partial charge in [0.1, 0.15) is 5.69 Å². The Hall–Kier alpha value is -1.95. The fraction of sp³-hybridized carbons (Fsp3) is 0.562. The molecule has 1 spiro atoms. The number of amides is 1. The molecule has 6 heteroatoms. The zero-order valence-electron chi connectivity index (χ0n) is 12.5. The van der Waals surface area contributed by atoms with Crippen LogP contribution in [0, 0.1) is 5.41 Å². The molecule has 22 heavy (non-hydrogen) atoms. The minimum Gasteiger partial charge on any atom is -0.477 e. The minimum atomic E-state index is -1.09. The maximum atomic E-state index is 12.6. The van der Waals surface area contributed by atoms with Gasteiger partial charge in [0.05, 0.1) is 5.56 Å². The number of carbonyl (C=O) groups excluding carboxylic acids is 1. The average molecular weight is 304 g/mol. The summed E-state index contributed by atoms with van der Waals surface area (Å²) < 4.78 is 5.44. The molecule has 0 aliphatic carbocycles. The van der Waals surface area contributed by atoms with Gasteiger partial charge in [-0.3, -0.25) is 4.79 Å². The van der Waals surface area contributed by atoms with Gasteiger partial charge in [-0.15, -0.1) is 0 Å². The second kappa shape index (κ2) is 6.04. The quantitative estimate of drug-likeness (QED) is 0.901. The number of hydrogen-bond acceptors (Lipinski definition) is 4. The molecule has 1 aromatic rings. The van der Waals surface area contributed by atoms with E-state index >= 15 is 0 Å². The lowest BCUT2D eigenvalue weighted by atomic mass is 9.74. The number of likely N-dealkylation sites (tertiary alicyclic amines) is 1. The van der Waals surface area contributed by atoms with Crippen molar-refractivity contribution >= 4 is 11.9 Å². The highest BCUT2D eigenvalue weighted by Gasteiger charge is 2.38. The van der Waals surface area contributed by atoms with Crippen LogP contribution < -0.4 is 0 Å². The number of ether oxygens (including phenoxy) is 1. The molecule has 2 fully saturated rings. The van der Waals surface area contributed by atoms with E-state index in [-0.39, 0.29) is 17.0 Å². The van der Waals surface area contributed by atoms with Gasteiger partial charge in [0.25, 0.3) is 5.91 Å². The maximum Gasteiger partial charge on any atom is 0.354 e. The first-order valence-electron chi connectivity index (χ1n) is 7.66. The second-order valence-corrected chi connectivity index (χ2v) is 6.18.